The van der Waals surface area contributed by atoms with E-state index in [-0.39, 0.29) is 18.9 Å². The van der Waals surface area contributed by atoms with Crippen LogP contribution in [0.3, 0.4) is 0 Å². The van der Waals surface area contributed by atoms with E-state index < -0.39 is 5.97 Å². The van der Waals surface area contributed by atoms with Gasteiger partial charge in [-0.15, -0.1) is 0 Å². The van der Waals surface area contributed by atoms with Gasteiger partial charge in [0.05, 0.1) is 23.7 Å². The van der Waals surface area contributed by atoms with E-state index in [1.54, 1.807) is 6.08 Å². The van der Waals surface area contributed by atoms with E-state index in [9.17, 15) is 9.59 Å². The summed E-state index contributed by atoms with van der Waals surface area (Å²) in [4.78, 5) is 23.1. The maximum atomic E-state index is 12.0. The molecule has 0 spiro atoms. The number of carboxylic acid groups (broad SMARTS) is 1. The molecule has 1 amide bonds. The molecule has 0 radical (unpaired) electrons. The average molecular weight is 411 g/mol. The molecule has 0 saturated carbocycles. The van der Waals surface area contributed by atoms with Crippen molar-refractivity contribution >= 4 is 29.1 Å². The number of ether oxygens (including phenoxy) is 1. The van der Waals surface area contributed by atoms with Gasteiger partial charge < -0.3 is 20.5 Å². The summed E-state index contributed by atoms with van der Waals surface area (Å²) in [5, 5.41) is 14.6. The first-order valence-corrected chi connectivity index (χ1v) is 11.0. The minimum Gasteiger partial charge on any atom is -0.481 e. The molecule has 2 bridgehead atoms. The molecule has 7 heteroatoms. The fourth-order valence-corrected chi connectivity index (χ4v) is 4.71. The van der Waals surface area contributed by atoms with Gasteiger partial charge in [-0.05, 0) is 56.9 Å². The summed E-state index contributed by atoms with van der Waals surface area (Å²) < 4.78 is 6.14. The number of carbonyl (C=O) groups excluding carboxylic acids is 1. The first-order valence-electron chi connectivity index (χ1n) is 10.6. The molecule has 0 aromatic rings. The minimum atomic E-state index is -0.706. The smallest absolute Gasteiger partial charge is 0.303 e. The lowest BCUT2D eigenvalue weighted by atomic mass is 9.75. The van der Waals surface area contributed by atoms with Crippen molar-refractivity contribution in [1.29, 1.82) is 0 Å². The van der Waals surface area contributed by atoms with E-state index in [0.29, 0.717) is 35.6 Å². The third kappa shape index (κ3) is 7.51. The van der Waals surface area contributed by atoms with Crippen molar-refractivity contribution in [3.63, 3.8) is 0 Å². The van der Waals surface area contributed by atoms with E-state index >= 15 is 0 Å². The number of fused-ring (bicyclic) bond motifs is 2. The van der Waals surface area contributed by atoms with Crippen molar-refractivity contribution in [1.82, 2.24) is 10.6 Å². The van der Waals surface area contributed by atoms with Gasteiger partial charge in [-0.1, -0.05) is 37.6 Å². The van der Waals surface area contributed by atoms with Gasteiger partial charge in [-0.25, -0.2) is 0 Å². The second kappa shape index (κ2) is 12.2. The number of nitrogens with one attached hydrogen (secondary N) is 2. The third-order valence-corrected chi connectivity index (χ3v) is 6.09. The Kier molecular flexibility index (Phi) is 9.92. The second-order valence-electron chi connectivity index (χ2n) is 7.82. The zero-order chi connectivity index (χ0) is 20.4. The number of thiocarbonyl (C=S) groups is 1. The first-order chi connectivity index (χ1) is 13.5. The SMILES string of the molecule is CC=CC(=S)NCC(=O)NCCC1C2CCC(O2)C1CCCCCCC(=O)O. The number of rotatable bonds is 13. The third-order valence-electron chi connectivity index (χ3n) is 5.81. The fraction of sp³-hybridized carbons (Fsp3) is 0.762. The van der Waals surface area contributed by atoms with Crippen LogP contribution in [0.5, 0.6) is 0 Å². The Morgan fingerprint density at radius 3 is 2.43 bits per heavy atom. The van der Waals surface area contributed by atoms with Gasteiger partial charge in [-0.3, -0.25) is 9.59 Å². The lowest BCUT2D eigenvalue weighted by Gasteiger charge is -2.28. The highest BCUT2D eigenvalue weighted by Gasteiger charge is 2.47. The number of hydrogen-bond acceptors (Lipinski definition) is 4. The molecular formula is C21H34N2O4S. The highest BCUT2D eigenvalue weighted by Crippen LogP contribution is 2.46. The van der Waals surface area contributed by atoms with Crippen LogP contribution in [0.15, 0.2) is 12.2 Å². The Hall–Kier alpha value is -1.47. The molecule has 0 aromatic carbocycles. The van der Waals surface area contributed by atoms with Crippen molar-refractivity contribution in [2.45, 2.75) is 76.9 Å². The van der Waals surface area contributed by atoms with E-state index in [1.165, 1.54) is 0 Å². The van der Waals surface area contributed by atoms with Gasteiger partial charge in [0.25, 0.3) is 0 Å². The highest BCUT2D eigenvalue weighted by molar-refractivity contribution is 7.80. The lowest BCUT2D eigenvalue weighted by molar-refractivity contribution is -0.137. The summed E-state index contributed by atoms with van der Waals surface area (Å²) in [5.41, 5.74) is 0. The minimum absolute atomic E-state index is 0.0362. The predicted octanol–water partition coefficient (Wildman–Crippen LogP) is 3.20. The van der Waals surface area contributed by atoms with Crippen molar-refractivity contribution in [3.05, 3.63) is 12.2 Å². The molecule has 28 heavy (non-hydrogen) atoms. The number of carbonyl (C=O) groups is 2. The van der Waals surface area contributed by atoms with E-state index in [1.807, 2.05) is 13.0 Å². The first kappa shape index (κ1) is 22.8. The number of unbranched alkanes of at least 4 members (excludes halogenated alkanes) is 3. The molecule has 2 aliphatic rings. The molecule has 4 unspecified atom stereocenters. The Labute approximate surface area is 173 Å². The van der Waals surface area contributed by atoms with Gasteiger partial charge in [0.15, 0.2) is 0 Å². The van der Waals surface area contributed by atoms with Crippen LogP contribution in [-0.4, -0.2) is 47.3 Å². The monoisotopic (exact) mass is 410 g/mol. The molecule has 6 nitrogen and oxygen atoms in total. The van der Waals surface area contributed by atoms with E-state index in [0.717, 1.165) is 51.4 Å². The number of hydrogen-bond donors (Lipinski definition) is 3. The van der Waals surface area contributed by atoms with Crippen LogP contribution < -0.4 is 10.6 Å². The number of carboxylic acids is 1. The van der Waals surface area contributed by atoms with Crippen LogP contribution in [0.2, 0.25) is 0 Å². The standard InChI is InChI=1S/C21H34N2O4S/c1-2-7-20(28)23-14-19(24)22-13-12-16-15(17-10-11-18(16)27-17)8-5-3-4-6-9-21(25)26/h2,7,15-18H,3-6,8-14H2,1H3,(H,22,24)(H,23,28)(H,25,26). The van der Waals surface area contributed by atoms with Crippen molar-refractivity contribution in [3.8, 4) is 0 Å². The Bertz CT molecular complexity index is 567. The molecule has 0 aromatic heterocycles. The normalized spacial score (nSPS) is 25.9. The van der Waals surface area contributed by atoms with Crippen LogP contribution in [0.1, 0.15) is 64.7 Å². The number of allylic oxidation sites excluding steroid dienone is 1. The Morgan fingerprint density at radius 2 is 1.75 bits per heavy atom. The van der Waals surface area contributed by atoms with Crippen LogP contribution in [0.4, 0.5) is 0 Å². The summed E-state index contributed by atoms with van der Waals surface area (Å²) in [7, 11) is 0. The second-order valence-corrected chi connectivity index (χ2v) is 8.26. The topological polar surface area (TPSA) is 87.7 Å². The quantitative estimate of drug-likeness (QED) is 0.246. The van der Waals surface area contributed by atoms with Crippen LogP contribution >= 0.6 is 12.2 Å². The van der Waals surface area contributed by atoms with Crippen LogP contribution in [-0.2, 0) is 14.3 Å². The van der Waals surface area contributed by atoms with Gasteiger partial charge in [0.1, 0.15) is 0 Å². The largest absolute Gasteiger partial charge is 0.481 e. The summed E-state index contributed by atoms with van der Waals surface area (Å²) in [6.45, 7) is 2.76. The summed E-state index contributed by atoms with van der Waals surface area (Å²) >= 11 is 5.08. The van der Waals surface area contributed by atoms with Crippen molar-refractivity contribution in [2.75, 3.05) is 13.1 Å². The maximum Gasteiger partial charge on any atom is 0.303 e. The molecule has 2 saturated heterocycles. The molecule has 2 aliphatic heterocycles. The molecular weight excluding hydrogens is 376 g/mol. The molecule has 4 atom stereocenters. The summed E-state index contributed by atoms with van der Waals surface area (Å²) in [6.07, 6.45) is 13.0. The molecule has 2 rings (SSSR count). The average Bonchev–Trinajstić information content (AvgIpc) is 3.25. The van der Waals surface area contributed by atoms with E-state index in [2.05, 4.69) is 10.6 Å². The number of aliphatic carboxylic acids is 1. The zero-order valence-electron chi connectivity index (χ0n) is 16.8. The Balaban J connectivity index is 1.64. The zero-order valence-corrected chi connectivity index (χ0v) is 17.6. The highest BCUT2D eigenvalue weighted by atomic mass is 32.1. The molecule has 2 heterocycles. The van der Waals surface area contributed by atoms with Crippen molar-refractivity contribution < 1.29 is 19.4 Å². The molecule has 3 N–H and O–H groups in total. The lowest BCUT2D eigenvalue weighted by Crippen LogP contribution is -2.38. The van der Waals surface area contributed by atoms with Gasteiger partial charge in [0, 0.05) is 13.0 Å². The predicted molar refractivity (Wildman–Crippen MR) is 113 cm³/mol. The van der Waals surface area contributed by atoms with Crippen LogP contribution in [0.25, 0.3) is 0 Å². The van der Waals surface area contributed by atoms with E-state index in [4.69, 9.17) is 22.1 Å². The molecule has 0 aliphatic carbocycles. The van der Waals surface area contributed by atoms with Crippen molar-refractivity contribution in [2.24, 2.45) is 11.8 Å². The number of amides is 1. The van der Waals surface area contributed by atoms with Gasteiger partial charge in [0.2, 0.25) is 5.91 Å². The molecule has 2 fully saturated rings. The summed E-state index contributed by atoms with van der Waals surface area (Å²) in [6, 6.07) is 0. The maximum absolute atomic E-state index is 12.0. The Morgan fingerprint density at radius 1 is 1.07 bits per heavy atom. The molecule has 158 valence electrons. The van der Waals surface area contributed by atoms with Gasteiger partial charge >= 0.3 is 5.97 Å². The fourth-order valence-electron chi connectivity index (χ4n) is 4.50. The van der Waals surface area contributed by atoms with Crippen LogP contribution in [0, 0.1) is 11.8 Å². The summed E-state index contributed by atoms with van der Waals surface area (Å²) in [5.74, 6) is 0.360. The van der Waals surface area contributed by atoms with Gasteiger partial charge in [-0.2, -0.15) is 0 Å².